The minimum absolute atomic E-state index is 0.0319. The minimum Gasteiger partial charge on any atom is -0.371 e. The van der Waals surface area contributed by atoms with Crippen molar-refractivity contribution in [2.75, 3.05) is 28.6 Å². The molecule has 0 bridgehead atoms. The van der Waals surface area contributed by atoms with Gasteiger partial charge in [-0.05, 0) is 48.6 Å². The third kappa shape index (κ3) is 4.24. The highest BCUT2D eigenvalue weighted by atomic mass is 19.4. The van der Waals surface area contributed by atoms with E-state index in [1.54, 1.807) is 17.0 Å². The van der Waals surface area contributed by atoms with Crippen LogP contribution in [0.15, 0.2) is 42.6 Å². The summed E-state index contributed by atoms with van der Waals surface area (Å²) in [5, 5.41) is 5.28. The van der Waals surface area contributed by atoms with Crippen LogP contribution in [0, 0.1) is 17.7 Å². The highest BCUT2D eigenvalue weighted by molar-refractivity contribution is 6.31. The second kappa shape index (κ2) is 7.90. The van der Waals surface area contributed by atoms with Gasteiger partial charge in [0.2, 0.25) is 0 Å². The monoisotopic (exact) mass is 433 g/mol. The maximum atomic E-state index is 14.2. The molecule has 1 fully saturated rings. The molecule has 0 radical (unpaired) electrons. The van der Waals surface area contributed by atoms with Crippen LogP contribution in [0.3, 0.4) is 0 Å². The van der Waals surface area contributed by atoms with Gasteiger partial charge < -0.3 is 15.5 Å². The number of amides is 1. The normalized spacial score (nSPS) is 22.5. The molecule has 2 aromatic rings. The van der Waals surface area contributed by atoms with Crippen LogP contribution >= 0.6 is 0 Å². The molecule has 0 aliphatic carbocycles. The Morgan fingerprint density at radius 1 is 1.13 bits per heavy atom. The van der Waals surface area contributed by atoms with Crippen molar-refractivity contribution in [1.82, 2.24) is 0 Å². The first kappa shape index (κ1) is 21.2. The number of fused-ring (bicyclic) bond motifs is 1. The van der Waals surface area contributed by atoms with E-state index >= 15 is 0 Å². The van der Waals surface area contributed by atoms with Gasteiger partial charge in [-0.3, -0.25) is 4.79 Å². The minimum atomic E-state index is -4.53. The Morgan fingerprint density at radius 3 is 2.52 bits per heavy atom. The second-order valence-electron chi connectivity index (χ2n) is 8.40. The first-order chi connectivity index (χ1) is 14.6. The number of carbonyl (C=O) groups excluding carboxylic acids is 1. The van der Waals surface area contributed by atoms with Crippen LogP contribution in [-0.2, 0) is 11.0 Å². The molecule has 2 N–H and O–H groups in total. The molecule has 2 heterocycles. The lowest BCUT2D eigenvalue weighted by Crippen LogP contribution is -2.39. The molecule has 2 atom stereocenters. The van der Waals surface area contributed by atoms with Crippen molar-refractivity contribution in [3.63, 3.8) is 0 Å². The van der Waals surface area contributed by atoms with Crippen LogP contribution in [0.1, 0.15) is 31.4 Å². The fourth-order valence-electron chi connectivity index (χ4n) is 4.49. The number of rotatable bonds is 3. The van der Waals surface area contributed by atoms with Gasteiger partial charge in [-0.2, -0.15) is 13.2 Å². The van der Waals surface area contributed by atoms with Gasteiger partial charge in [-0.25, -0.2) is 4.39 Å². The average Bonchev–Trinajstić information content (AvgIpc) is 3.01. The van der Waals surface area contributed by atoms with E-state index in [1.165, 1.54) is 24.4 Å². The maximum absolute atomic E-state index is 14.2. The van der Waals surface area contributed by atoms with E-state index in [-0.39, 0.29) is 22.5 Å². The molecule has 1 amide bonds. The average molecular weight is 433 g/mol. The number of hydrogen-bond acceptors (Lipinski definition) is 3. The summed E-state index contributed by atoms with van der Waals surface area (Å²) >= 11 is 0. The molecule has 0 saturated carbocycles. The van der Waals surface area contributed by atoms with Crippen molar-refractivity contribution in [1.29, 1.82) is 0 Å². The summed E-state index contributed by atoms with van der Waals surface area (Å²) in [6.07, 6.45) is -2.30. The molecule has 2 aliphatic rings. The van der Waals surface area contributed by atoms with Gasteiger partial charge >= 0.3 is 6.18 Å². The third-order valence-electron chi connectivity index (χ3n) is 5.67. The molecule has 2 aliphatic heterocycles. The molecule has 2 aromatic carbocycles. The lowest BCUT2D eigenvalue weighted by atomic mass is 9.91. The highest BCUT2D eigenvalue weighted by Crippen LogP contribution is 2.40. The van der Waals surface area contributed by atoms with Crippen molar-refractivity contribution in [3.05, 3.63) is 59.5 Å². The van der Waals surface area contributed by atoms with E-state index in [2.05, 4.69) is 10.6 Å². The van der Waals surface area contributed by atoms with E-state index in [9.17, 15) is 22.4 Å². The van der Waals surface area contributed by atoms with Crippen molar-refractivity contribution in [2.45, 2.75) is 26.4 Å². The molecule has 1 saturated heterocycles. The molecule has 164 valence electrons. The molecule has 4 nitrogen and oxygen atoms in total. The van der Waals surface area contributed by atoms with Crippen molar-refractivity contribution < 1.29 is 22.4 Å². The van der Waals surface area contributed by atoms with E-state index in [0.717, 1.165) is 12.5 Å². The van der Waals surface area contributed by atoms with Gasteiger partial charge in [-0.15, -0.1) is 0 Å². The molecule has 8 heteroatoms. The number of hydrogen-bond donors (Lipinski definition) is 2. The van der Waals surface area contributed by atoms with E-state index < -0.39 is 23.5 Å². The van der Waals surface area contributed by atoms with Gasteiger partial charge in [-0.1, -0.05) is 19.9 Å². The van der Waals surface area contributed by atoms with E-state index in [0.29, 0.717) is 30.6 Å². The number of carbonyl (C=O) groups is 1. The number of piperidine rings is 1. The summed E-state index contributed by atoms with van der Waals surface area (Å²) in [5.41, 5.74) is 0.0455. The molecule has 4 rings (SSSR count). The lowest BCUT2D eigenvalue weighted by Gasteiger charge is -2.38. The maximum Gasteiger partial charge on any atom is 0.418 e. The summed E-state index contributed by atoms with van der Waals surface area (Å²) < 4.78 is 55.7. The van der Waals surface area contributed by atoms with E-state index in [4.69, 9.17) is 0 Å². The topological polar surface area (TPSA) is 44.4 Å². The summed E-state index contributed by atoms with van der Waals surface area (Å²) in [7, 11) is 0. The largest absolute Gasteiger partial charge is 0.418 e. The Balaban J connectivity index is 1.65. The summed E-state index contributed by atoms with van der Waals surface area (Å²) in [5.74, 6) is -0.480. The van der Waals surface area contributed by atoms with Crippen LogP contribution in [0.25, 0.3) is 5.57 Å². The summed E-state index contributed by atoms with van der Waals surface area (Å²) in [4.78, 5) is 14.0. The van der Waals surface area contributed by atoms with Gasteiger partial charge in [0.15, 0.2) is 0 Å². The zero-order valence-corrected chi connectivity index (χ0v) is 17.2. The third-order valence-corrected chi connectivity index (χ3v) is 5.67. The fraction of sp³-hybridized carbons (Fsp3) is 0.348. The smallest absolute Gasteiger partial charge is 0.371 e. The number of alkyl halides is 3. The lowest BCUT2D eigenvalue weighted by molar-refractivity contribution is -0.137. The first-order valence-corrected chi connectivity index (χ1v) is 10.2. The van der Waals surface area contributed by atoms with Crippen LogP contribution in [0.2, 0.25) is 0 Å². The predicted molar refractivity (Wildman–Crippen MR) is 113 cm³/mol. The van der Waals surface area contributed by atoms with E-state index in [1.807, 2.05) is 13.8 Å². The van der Waals surface area contributed by atoms with Crippen LogP contribution in [-0.4, -0.2) is 19.0 Å². The van der Waals surface area contributed by atoms with Crippen LogP contribution in [0.4, 0.5) is 34.6 Å². The molecule has 31 heavy (non-hydrogen) atoms. The molecular formula is C23H23F4N3O. The quantitative estimate of drug-likeness (QED) is 0.480. The molecular weight excluding hydrogens is 410 g/mol. The van der Waals surface area contributed by atoms with Gasteiger partial charge in [0.05, 0.1) is 16.8 Å². The van der Waals surface area contributed by atoms with Crippen LogP contribution in [0.5, 0.6) is 0 Å². The van der Waals surface area contributed by atoms with Crippen LogP contribution < -0.4 is 15.5 Å². The van der Waals surface area contributed by atoms with Gasteiger partial charge in [0, 0.05) is 36.2 Å². The molecule has 2 unspecified atom stereocenters. The number of nitrogens with one attached hydrogen (secondary N) is 2. The van der Waals surface area contributed by atoms with Gasteiger partial charge in [0.25, 0.3) is 5.91 Å². The number of benzene rings is 2. The van der Waals surface area contributed by atoms with Crippen molar-refractivity contribution in [2.24, 2.45) is 11.8 Å². The van der Waals surface area contributed by atoms with Crippen molar-refractivity contribution >= 4 is 28.5 Å². The Kier molecular flexibility index (Phi) is 5.41. The van der Waals surface area contributed by atoms with Gasteiger partial charge in [0.1, 0.15) is 5.82 Å². The highest BCUT2D eigenvalue weighted by Gasteiger charge is 2.36. The zero-order valence-electron chi connectivity index (χ0n) is 17.2. The Morgan fingerprint density at radius 2 is 1.84 bits per heavy atom. The number of nitrogens with zero attached hydrogens (tertiary/aromatic N) is 1. The fourth-order valence-corrected chi connectivity index (χ4v) is 4.49. The Bertz CT molecular complexity index is 1040. The summed E-state index contributed by atoms with van der Waals surface area (Å²) in [6.45, 7) is 5.23. The Hall–Kier alpha value is -3.03. The zero-order chi connectivity index (χ0) is 22.3. The summed E-state index contributed by atoms with van der Waals surface area (Å²) in [6, 6.07) is 8.30. The second-order valence-corrected chi connectivity index (χ2v) is 8.40. The van der Waals surface area contributed by atoms with Crippen molar-refractivity contribution in [3.8, 4) is 0 Å². The predicted octanol–water partition coefficient (Wildman–Crippen LogP) is 5.73. The molecule has 0 spiro atoms. The first-order valence-electron chi connectivity index (χ1n) is 10.2. The standard InChI is InChI=1S/C23H23F4N3O/c1-13-8-14(2)12-30(11-13)20-7-6-15(9-17(20)23(25,26)27)28-10-16-21-18(24)4-3-5-19(21)29-22(16)31/h3-7,9-10,13-14,28H,8,11-12H2,1-2H3,(H,29,31)/b16-10+. The Labute approximate surface area is 177 Å². The molecule has 0 aromatic heterocycles. The SMILES string of the molecule is CC1CC(C)CN(c2ccc(N/C=C3/C(=O)Nc4cccc(F)c43)cc2C(F)(F)F)C1. The number of anilines is 3. The number of halogens is 4.